The van der Waals surface area contributed by atoms with Gasteiger partial charge in [-0.15, -0.1) is 0 Å². The normalized spacial score (nSPS) is 14.4. The van der Waals surface area contributed by atoms with Crippen LogP contribution in [0.4, 0.5) is 20.4 Å². The van der Waals surface area contributed by atoms with E-state index in [0.717, 1.165) is 5.56 Å². The van der Waals surface area contributed by atoms with E-state index in [1.807, 2.05) is 30.3 Å². The number of nitrogens with zero attached hydrogens (tertiary/aromatic N) is 10. The van der Waals surface area contributed by atoms with E-state index >= 15 is 0 Å². The van der Waals surface area contributed by atoms with Crippen molar-refractivity contribution < 1.29 is 23.2 Å². The van der Waals surface area contributed by atoms with Gasteiger partial charge in [-0.25, -0.2) is 38.7 Å². The van der Waals surface area contributed by atoms with Crippen LogP contribution in [0.1, 0.15) is 78.1 Å². The predicted octanol–water partition coefficient (Wildman–Crippen LogP) is 6.15. The van der Waals surface area contributed by atoms with Crippen molar-refractivity contribution in [3.8, 4) is 52.0 Å². The molecule has 1 saturated heterocycles. The van der Waals surface area contributed by atoms with E-state index in [2.05, 4.69) is 29.9 Å². The van der Waals surface area contributed by atoms with Crippen molar-refractivity contribution in [3.63, 3.8) is 0 Å². The Bertz CT molecular complexity index is 2800. The van der Waals surface area contributed by atoms with Crippen molar-refractivity contribution in [2.24, 2.45) is 0 Å². The fraction of sp³-hybridized carbons (Fsp3) is 0.122. The Morgan fingerprint density at radius 2 is 0.931 bits per heavy atom. The third-order valence-electron chi connectivity index (χ3n) is 9.69. The molecular weight excluding hydrogens is 768 g/mol. The van der Waals surface area contributed by atoms with Crippen LogP contribution in [0.15, 0.2) is 72.8 Å². The van der Waals surface area contributed by atoms with Gasteiger partial charge in [-0.2, -0.15) is 15.8 Å². The Balaban J connectivity index is 0.000000124. The molecule has 3 aromatic heterocycles. The molecule has 280 valence electrons. The first kappa shape index (κ1) is 37.1. The van der Waals surface area contributed by atoms with Crippen LogP contribution in [0, 0.1) is 34.0 Å². The third-order valence-corrected chi connectivity index (χ3v) is 9.95. The maximum absolute atomic E-state index is 13.4. The highest BCUT2D eigenvalue weighted by atomic mass is 35.5. The number of hydrogen-bond acceptors (Lipinski definition) is 14. The number of hydrogen-bond donors (Lipinski definition) is 1. The lowest BCUT2D eigenvalue weighted by Gasteiger charge is -2.32. The van der Waals surface area contributed by atoms with Crippen molar-refractivity contribution in [1.82, 2.24) is 29.9 Å². The first-order valence-corrected chi connectivity index (χ1v) is 17.7. The topological polar surface area (TPSA) is 229 Å². The maximum Gasteiger partial charge on any atom is 0.251 e. The number of alkyl halides is 2. The fourth-order valence-corrected chi connectivity index (χ4v) is 7.04. The summed E-state index contributed by atoms with van der Waals surface area (Å²) < 4.78 is 26.7. The van der Waals surface area contributed by atoms with E-state index in [1.54, 1.807) is 65.6 Å². The molecule has 17 heteroatoms. The SMILES string of the molecule is N#Cc1nc2c(nc1Cl)-c1ccccc1C2=O.N#Cc1nc2c(nc1N)-c1ccccc1C2=O.N#Cc1nc2c(nc1N1CCC(F)(F)CC1)-c1ccccc1C2=O. The Morgan fingerprint density at radius 3 is 1.38 bits per heavy atom. The Labute approximate surface area is 331 Å². The van der Waals surface area contributed by atoms with Gasteiger partial charge >= 0.3 is 0 Å². The Kier molecular flexibility index (Phi) is 9.16. The quantitative estimate of drug-likeness (QED) is 0.197. The molecule has 1 aliphatic heterocycles. The minimum Gasteiger partial charge on any atom is -0.381 e. The second kappa shape index (κ2) is 14.3. The molecule has 6 aromatic rings. The number of nitriles is 3. The van der Waals surface area contributed by atoms with Crippen molar-refractivity contribution in [2.45, 2.75) is 18.8 Å². The molecule has 3 aliphatic carbocycles. The van der Waals surface area contributed by atoms with Crippen molar-refractivity contribution in [3.05, 3.63) is 129 Å². The van der Waals surface area contributed by atoms with Crippen LogP contribution in [0.3, 0.4) is 0 Å². The summed E-state index contributed by atoms with van der Waals surface area (Å²) in [5, 5.41) is 27.0. The summed E-state index contributed by atoms with van der Waals surface area (Å²) in [6.07, 6.45) is -0.571. The summed E-state index contributed by atoms with van der Waals surface area (Å²) in [7, 11) is 0. The summed E-state index contributed by atoms with van der Waals surface area (Å²) in [5.74, 6) is -3.04. The lowest BCUT2D eigenvalue weighted by atomic mass is 10.1. The number of rotatable bonds is 1. The average Bonchev–Trinajstić information content (AvgIpc) is 3.79. The van der Waals surface area contributed by atoms with Gasteiger partial charge in [0.2, 0.25) is 17.3 Å². The van der Waals surface area contributed by atoms with Crippen LogP contribution in [0.25, 0.3) is 33.8 Å². The maximum atomic E-state index is 13.4. The summed E-state index contributed by atoms with van der Waals surface area (Å²) in [4.78, 5) is 62.8. The number of nitrogens with two attached hydrogens (primary N) is 1. The first-order chi connectivity index (χ1) is 27.9. The van der Waals surface area contributed by atoms with Crippen LogP contribution in [-0.4, -0.2) is 66.3 Å². The number of fused-ring (bicyclic) bond motifs is 9. The Morgan fingerprint density at radius 1 is 0.552 bits per heavy atom. The van der Waals surface area contributed by atoms with Crippen LogP contribution in [0.5, 0.6) is 0 Å². The first-order valence-electron chi connectivity index (χ1n) is 17.4. The number of carbonyl (C=O) groups excluding carboxylic acids is 3. The molecule has 14 nitrogen and oxygen atoms in total. The number of piperidine rings is 1. The van der Waals surface area contributed by atoms with Gasteiger partial charge in [0.15, 0.2) is 33.9 Å². The van der Waals surface area contributed by atoms with Crippen molar-refractivity contribution >= 4 is 40.6 Å². The summed E-state index contributed by atoms with van der Waals surface area (Å²) >= 11 is 5.81. The molecule has 4 aliphatic rings. The number of benzene rings is 3. The van der Waals surface area contributed by atoms with Gasteiger partial charge in [0.05, 0.1) is 0 Å². The minimum absolute atomic E-state index is 0.000113. The van der Waals surface area contributed by atoms with E-state index in [4.69, 9.17) is 27.9 Å². The van der Waals surface area contributed by atoms with Gasteiger partial charge in [0.1, 0.15) is 52.4 Å². The molecule has 0 atom stereocenters. The van der Waals surface area contributed by atoms with Crippen LogP contribution >= 0.6 is 11.6 Å². The van der Waals surface area contributed by atoms with Gasteiger partial charge in [0, 0.05) is 59.3 Å². The highest BCUT2D eigenvalue weighted by molar-refractivity contribution is 6.31. The summed E-state index contributed by atoms with van der Waals surface area (Å²) in [6.45, 7) is 0.204. The lowest BCUT2D eigenvalue weighted by molar-refractivity contribution is -0.0221. The van der Waals surface area contributed by atoms with Crippen LogP contribution < -0.4 is 10.6 Å². The van der Waals surface area contributed by atoms with E-state index < -0.39 is 5.92 Å². The molecular formula is C41H22ClF2N11O3. The molecule has 0 saturated carbocycles. The van der Waals surface area contributed by atoms with Gasteiger partial charge in [0.25, 0.3) is 5.92 Å². The molecule has 0 radical (unpaired) electrons. The van der Waals surface area contributed by atoms with E-state index in [9.17, 15) is 28.4 Å². The number of halogens is 3. The van der Waals surface area contributed by atoms with Gasteiger partial charge in [-0.3, -0.25) is 14.4 Å². The monoisotopic (exact) mass is 789 g/mol. The molecule has 0 spiro atoms. The zero-order valence-electron chi connectivity index (χ0n) is 29.7. The predicted molar refractivity (Wildman–Crippen MR) is 203 cm³/mol. The zero-order chi connectivity index (χ0) is 40.9. The van der Waals surface area contributed by atoms with Crippen LogP contribution in [0.2, 0.25) is 5.15 Å². The molecule has 0 bridgehead atoms. The molecule has 0 unspecified atom stereocenters. The number of carbonyl (C=O) groups is 3. The lowest BCUT2D eigenvalue weighted by Crippen LogP contribution is -2.40. The molecule has 2 N–H and O–H groups in total. The molecule has 4 heterocycles. The number of ketones is 3. The number of anilines is 2. The van der Waals surface area contributed by atoms with Crippen molar-refractivity contribution in [1.29, 1.82) is 15.8 Å². The van der Waals surface area contributed by atoms with Gasteiger partial charge < -0.3 is 10.6 Å². The fourth-order valence-electron chi connectivity index (χ4n) is 6.87. The van der Waals surface area contributed by atoms with Gasteiger partial charge in [-0.1, -0.05) is 84.4 Å². The van der Waals surface area contributed by atoms with Crippen molar-refractivity contribution in [2.75, 3.05) is 23.7 Å². The summed E-state index contributed by atoms with van der Waals surface area (Å²) in [6, 6.07) is 26.8. The summed E-state index contributed by atoms with van der Waals surface area (Å²) in [5.41, 5.74) is 11.2. The smallest absolute Gasteiger partial charge is 0.251 e. The van der Waals surface area contributed by atoms with Gasteiger partial charge in [-0.05, 0) is 0 Å². The van der Waals surface area contributed by atoms with E-state index in [-0.39, 0.29) is 94.2 Å². The molecule has 1 fully saturated rings. The Hall–Kier alpha value is -7.87. The average molecular weight is 790 g/mol. The van der Waals surface area contributed by atoms with Crippen LogP contribution in [-0.2, 0) is 0 Å². The molecule has 3 aromatic carbocycles. The highest BCUT2D eigenvalue weighted by Crippen LogP contribution is 2.39. The number of nitrogen functional groups attached to an aromatic ring is 1. The third kappa shape index (κ3) is 6.22. The molecule has 0 amide bonds. The second-order valence-electron chi connectivity index (χ2n) is 13.1. The van der Waals surface area contributed by atoms with E-state index in [1.165, 1.54) is 0 Å². The second-order valence-corrected chi connectivity index (χ2v) is 13.5. The molecule has 58 heavy (non-hydrogen) atoms. The van der Waals surface area contributed by atoms with E-state index in [0.29, 0.717) is 44.9 Å². The zero-order valence-corrected chi connectivity index (χ0v) is 30.4. The molecule has 10 rings (SSSR count). The minimum atomic E-state index is -2.68. The number of aromatic nitrogens is 6. The standard InChI is InChI=1S/C17H12F2N4O.C12H4ClN3O.C12H6N4O/c18-17(19)5-7-23(8-6-17)16-12(9-20)21-14-13(22-16)10-3-1-2-4-11(10)15(14)24;13-12-8(5-14)15-10-9(16-12)6-3-1-2-4-7(6)11(10)17;13-5-8-12(14)16-9-6-3-1-2-4-7(6)11(17)10(9)15-8/h1-4H,5-8H2;1-4H;1-4H,(H2,14,16). The largest absolute Gasteiger partial charge is 0.381 e. The highest BCUT2D eigenvalue weighted by Gasteiger charge is 2.37.